The number of carbonyl (C=O) groups is 1. The van der Waals surface area contributed by atoms with E-state index in [1.807, 2.05) is 50.9 Å². The van der Waals surface area contributed by atoms with Crippen LogP contribution < -0.4 is 14.8 Å². The van der Waals surface area contributed by atoms with Crippen molar-refractivity contribution in [2.75, 3.05) is 26.6 Å². The van der Waals surface area contributed by atoms with Crippen molar-refractivity contribution in [3.05, 3.63) is 36.0 Å². The molecule has 0 saturated carbocycles. The van der Waals surface area contributed by atoms with Crippen molar-refractivity contribution in [1.29, 1.82) is 0 Å². The lowest BCUT2D eigenvalue weighted by molar-refractivity contribution is -0.120. The summed E-state index contributed by atoms with van der Waals surface area (Å²) in [6, 6.07) is 7.38. The molecule has 1 atom stereocenters. The summed E-state index contributed by atoms with van der Waals surface area (Å²) in [4.78, 5) is 14.6. The summed E-state index contributed by atoms with van der Waals surface area (Å²) in [5, 5.41) is 7.19. The predicted octanol–water partition coefficient (Wildman–Crippen LogP) is 2.94. The molecule has 7 nitrogen and oxygen atoms in total. The SMILES string of the molecule is COc1cccc(CN(C)[C@@H](C)C(=O)Nc2ccnn2C(C)C)c1OC. The summed E-state index contributed by atoms with van der Waals surface area (Å²) in [5.41, 5.74) is 0.959. The number of nitrogens with zero attached hydrogens (tertiary/aromatic N) is 3. The third-order valence-corrected chi connectivity index (χ3v) is 4.36. The molecule has 2 rings (SSSR count). The number of aromatic nitrogens is 2. The lowest BCUT2D eigenvalue weighted by atomic mass is 10.1. The number of amides is 1. The van der Waals surface area contributed by atoms with E-state index in [0.717, 1.165) is 5.56 Å². The molecule has 142 valence electrons. The normalized spacial score (nSPS) is 12.3. The number of hydrogen-bond donors (Lipinski definition) is 1. The van der Waals surface area contributed by atoms with E-state index in [9.17, 15) is 4.79 Å². The highest BCUT2D eigenvalue weighted by Gasteiger charge is 2.21. The zero-order chi connectivity index (χ0) is 19.3. The number of anilines is 1. The molecule has 0 saturated heterocycles. The number of hydrogen-bond acceptors (Lipinski definition) is 5. The molecule has 1 amide bonds. The maximum atomic E-state index is 12.6. The molecule has 1 heterocycles. The molecule has 0 aliphatic carbocycles. The van der Waals surface area contributed by atoms with Gasteiger partial charge in [-0.2, -0.15) is 5.10 Å². The van der Waals surface area contributed by atoms with Crippen LogP contribution in [0.25, 0.3) is 0 Å². The molecule has 0 bridgehead atoms. The zero-order valence-electron chi connectivity index (χ0n) is 16.3. The lowest BCUT2D eigenvalue weighted by Crippen LogP contribution is -2.39. The number of methoxy groups -OCH3 is 2. The Bertz CT molecular complexity index is 742. The van der Waals surface area contributed by atoms with Crippen LogP contribution in [0.2, 0.25) is 0 Å². The maximum absolute atomic E-state index is 12.6. The molecule has 1 N–H and O–H groups in total. The van der Waals surface area contributed by atoms with Gasteiger partial charge in [0.2, 0.25) is 5.91 Å². The van der Waals surface area contributed by atoms with Crippen LogP contribution in [0.3, 0.4) is 0 Å². The molecule has 1 aromatic heterocycles. The highest BCUT2D eigenvalue weighted by molar-refractivity contribution is 5.93. The van der Waals surface area contributed by atoms with Crippen LogP contribution in [0.5, 0.6) is 11.5 Å². The minimum absolute atomic E-state index is 0.0863. The summed E-state index contributed by atoms with van der Waals surface area (Å²) in [6.45, 7) is 6.47. The van der Waals surface area contributed by atoms with E-state index in [2.05, 4.69) is 10.4 Å². The Morgan fingerprint density at radius 3 is 2.58 bits per heavy atom. The Morgan fingerprint density at radius 2 is 1.96 bits per heavy atom. The highest BCUT2D eigenvalue weighted by Crippen LogP contribution is 2.31. The second-order valence-electron chi connectivity index (χ2n) is 6.49. The molecular weight excluding hydrogens is 332 g/mol. The van der Waals surface area contributed by atoms with Gasteiger partial charge in [-0.25, -0.2) is 4.68 Å². The van der Waals surface area contributed by atoms with Crippen LogP contribution in [0.1, 0.15) is 32.4 Å². The minimum atomic E-state index is -0.332. The maximum Gasteiger partial charge on any atom is 0.242 e. The first kappa shape index (κ1) is 19.8. The van der Waals surface area contributed by atoms with Crippen LogP contribution in [0.15, 0.2) is 30.5 Å². The first-order chi connectivity index (χ1) is 12.4. The van der Waals surface area contributed by atoms with Gasteiger partial charge >= 0.3 is 0 Å². The summed E-state index contributed by atoms with van der Waals surface area (Å²) in [6.07, 6.45) is 1.69. The molecule has 0 spiro atoms. The van der Waals surface area contributed by atoms with E-state index < -0.39 is 0 Å². The predicted molar refractivity (Wildman–Crippen MR) is 102 cm³/mol. The molecule has 7 heteroatoms. The van der Waals surface area contributed by atoms with Gasteiger partial charge in [0.1, 0.15) is 5.82 Å². The van der Waals surface area contributed by atoms with E-state index in [1.165, 1.54) is 0 Å². The van der Waals surface area contributed by atoms with Crippen molar-refractivity contribution >= 4 is 11.7 Å². The topological polar surface area (TPSA) is 68.6 Å². The van der Waals surface area contributed by atoms with E-state index in [1.54, 1.807) is 31.2 Å². The Balaban J connectivity index is 2.08. The number of para-hydroxylation sites is 1. The van der Waals surface area contributed by atoms with Crippen molar-refractivity contribution in [3.8, 4) is 11.5 Å². The third-order valence-electron chi connectivity index (χ3n) is 4.36. The number of likely N-dealkylation sites (N-methyl/N-ethyl adjacent to an activating group) is 1. The van der Waals surface area contributed by atoms with Crippen LogP contribution in [-0.4, -0.2) is 47.9 Å². The standard InChI is InChI=1S/C19H28N4O3/c1-13(2)23-17(10-11-20-23)21-19(24)14(3)22(4)12-15-8-7-9-16(25-5)18(15)26-6/h7-11,13-14H,12H2,1-6H3,(H,21,24)/t14-/m0/s1. The summed E-state index contributed by atoms with van der Waals surface area (Å²) in [5.74, 6) is 1.98. The quantitative estimate of drug-likeness (QED) is 0.784. The second-order valence-corrected chi connectivity index (χ2v) is 6.49. The van der Waals surface area contributed by atoms with Crippen molar-refractivity contribution in [2.24, 2.45) is 0 Å². The number of benzene rings is 1. The third kappa shape index (κ3) is 4.35. The second kappa shape index (κ2) is 8.71. The lowest BCUT2D eigenvalue weighted by Gasteiger charge is -2.25. The van der Waals surface area contributed by atoms with Gasteiger partial charge < -0.3 is 14.8 Å². The first-order valence-electron chi connectivity index (χ1n) is 8.63. The molecule has 0 aliphatic heterocycles. The van der Waals surface area contributed by atoms with Crippen molar-refractivity contribution in [3.63, 3.8) is 0 Å². The van der Waals surface area contributed by atoms with Gasteiger partial charge in [0.05, 0.1) is 26.5 Å². The van der Waals surface area contributed by atoms with Crippen molar-refractivity contribution < 1.29 is 14.3 Å². The van der Waals surface area contributed by atoms with Gasteiger partial charge in [-0.05, 0) is 33.9 Å². The molecule has 26 heavy (non-hydrogen) atoms. The monoisotopic (exact) mass is 360 g/mol. The highest BCUT2D eigenvalue weighted by atomic mass is 16.5. The Hall–Kier alpha value is -2.54. The number of carbonyl (C=O) groups excluding carboxylic acids is 1. The molecule has 1 aromatic carbocycles. The average Bonchev–Trinajstić information content (AvgIpc) is 3.08. The van der Waals surface area contributed by atoms with Crippen LogP contribution in [-0.2, 0) is 11.3 Å². The van der Waals surface area contributed by atoms with Crippen LogP contribution in [0.4, 0.5) is 5.82 Å². The van der Waals surface area contributed by atoms with Gasteiger partial charge in [0.15, 0.2) is 11.5 Å². The summed E-state index contributed by atoms with van der Waals surface area (Å²) in [7, 11) is 5.13. The van der Waals surface area contributed by atoms with Crippen LogP contribution in [0, 0.1) is 0 Å². The molecular formula is C19H28N4O3. The smallest absolute Gasteiger partial charge is 0.242 e. The van der Waals surface area contributed by atoms with Crippen LogP contribution >= 0.6 is 0 Å². The fraction of sp³-hybridized carbons (Fsp3) is 0.474. The van der Waals surface area contributed by atoms with Gasteiger partial charge in [-0.3, -0.25) is 9.69 Å². The Kier molecular flexibility index (Phi) is 6.63. The number of rotatable bonds is 8. The molecule has 0 unspecified atom stereocenters. The minimum Gasteiger partial charge on any atom is -0.493 e. The Morgan fingerprint density at radius 1 is 1.23 bits per heavy atom. The largest absolute Gasteiger partial charge is 0.493 e. The first-order valence-corrected chi connectivity index (χ1v) is 8.63. The molecule has 0 radical (unpaired) electrons. The molecule has 2 aromatic rings. The average molecular weight is 360 g/mol. The fourth-order valence-electron chi connectivity index (χ4n) is 2.74. The summed E-state index contributed by atoms with van der Waals surface area (Å²) >= 11 is 0. The van der Waals surface area contributed by atoms with E-state index in [-0.39, 0.29) is 18.0 Å². The van der Waals surface area contributed by atoms with E-state index in [4.69, 9.17) is 9.47 Å². The van der Waals surface area contributed by atoms with Gasteiger partial charge in [-0.15, -0.1) is 0 Å². The van der Waals surface area contributed by atoms with Gasteiger partial charge in [-0.1, -0.05) is 12.1 Å². The zero-order valence-corrected chi connectivity index (χ0v) is 16.3. The van der Waals surface area contributed by atoms with E-state index >= 15 is 0 Å². The van der Waals surface area contributed by atoms with Gasteiger partial charge in [0.25, 0.3) is 0 Å². The number of ether oxygens (including phenoxy) is 2. The van der Waals surface area contributed by atoms with Crippen molar-refractivity contribution in [2.45, 2.75) is 39.4 Å². The fourth-order valence-corrected chi connectivity index (χ4v) is 2.74. The summed E-state index contributed by atoms with van der Waals surface area (Å²) < 4.78 is 12.6. The van der Waals surface area contributed by atoms with Gasteiger partial charge in [0, 0.05) is 24.2 Å². The Labute approximate surface area is 154 Å². The van der Waals surface area contributed by atoms with Crippen molar-refractivity contribution in [1.82, 2.24) is 14.7 Å². The van der Waals surface area contributed by atoms with E-state index in [0.29, 0.717) is 23.9 Å². The number of nitrogens with one attached hydrogen (secondary N) is 1. The molecule has 0 fully saturated rings. The molecule has 0 aliphatic rings.